The molecule has 0 radical (unpaired) electrons. The first-order valence-electron chi connectivity index (χ1n) is 12.6. The van der Waals surface area contributed by atoms with E-state index in [0.29, 0.717) is 25.9 Å². The Morgan fingerprint density at radius 3 is 2.77 bits per heavy atom. The molecule has 1 atom stereocenters. The van der Waals surface area contributed by atoms with E-state index in [0.717, 1.165) is 62.2 Å². The van der Waals surface area contributed by atoms with Gasteiger partial charge in [0.05, 0.1) is 13.3 Å². The van der Waals surface area contributed by atoms with Gasteiger partial charge in [0.25, 0.3) is 0 Å². The summed E-state index contributed by atoms with van der Waals surface area (Å²) < 4.78 is 24.9. The number of hydrogen-bond donors (Lipinski definition) is 0. The summed E-state index contributed by atoms with van der Waals surface area (Å²) in [7, 11) is 1.62. The van der Waals surface area contributed by atoms with Crippen molar-refractivity contribution in [1.29, 1.82) is 0 Å². The van der Waals surface area contributed by atoms with Gasteiger partial charge < -0.3 is 9.47 Å². The van der Waals surface area contributed by atoms with Crippen LogP contribution in [0.3, 0.4) is 0 Å². The third kappa shape index (κ3) is 7.02. The van der Waals surface area contributed by atoms with Crippen LogP contribution in [0.1, 0.15) is 54.4 Å². The van der Waals surface area contributed by atoms with Gasteiger partial charge in [-0.2, -0.15) is 0 Å². The van der Waals surface area contributed by atoms with Gasteiger partial charge in [-0.3, -0.25) is 14.1 Å². The van der Waals surface area contributed by atoms with Crippen molar-refractivity contribution in [3.63, 3.8) is 0 Å². The fourth-order valence-electron chi connectivity index (χ4n) is 5.03. The lowest BCUT2D eigenvalue weighted by Gasteiger charge is -2.17. The number of likely N-dealkylation sites (tertiary alicyclic amines) is 1. The lowest BCUT2D eigenvalue weighted by Crippen LogP contribution is -2.26. The van der Waals surface area contributed by atoms with Crippen LogP contribution >= 0.6 is 15.9 Å². The zero-order valence-electron chi connectivity index (χ0n) is 20.5. The molecule has 0 aromatic heterocycles. The topological polar surface area (TPSA) is 38.8 Å². The summed E-state index contributed by atoms with van der Waals surface area (Å²) in [4.78, 5) is 14.5. The van der Waals surface area contributed by atoms with Crippen LogP contribution in [0.2, 0.25) is 0 Å². The summed E-state index contributed by atoms with van der Waals surface area (Å²) in [5.74, 6) is 1.09. The fourth-order valence-corrected chi connectivity index (χ4v) is 5.75. The van der Waals surface area contributed by atoms with Crippen molar-refractivity contribution >= 4 is 27.3 Å². The van der Waals surface area contributed by atoms with Crippen LogP contribution in [0.25, 0.3) is 5.57 Å². The Hall–Kier alpha value is -2.02. The molecule has 0 unspecified atom stereocenters. The number of carbonyl (C=O) groups is 1. The van der Waals surface area contributed by atoms with Crippen molar-refractivity contribution in [2.24, 2.45) is 0 Å². The number of alkyl halides is 1. The van der Waals surface area contributed by atoms with Gasteiger partial charge in [-0.1, -0.05) is 46.3 Å². The zero-order valence-corrected chi connectivity index (χ0v) is 22.1. The Morgan fingerprint density at radius 1 is 1.17 bits per heavy atom. The number of rotatable bonds is 11. The summed E-state index contributed by atoms with van der Waals surface area (Å²) >= 11 is 3.86. The van der Waals surface area contributed by atoms with E-state index in [1.165, 1.54) is 21.2 Å². The monoisotopic (exact) mass is 543 g/mol. The fraction of sp³-hybridized carbons (Fsp3) is 0.483. The third-order valence-corrected chi connectivity index (χ3v) is 7.61. The SMILES string of the molecule is COCCC(=O)Cc1ccc2c(c1)CCCC(Br)=C2c1ccc(O[C@H]2CCN(CCCF)C2)cc1. The molecule has 0 amide bonds. The van der Waals surface area contributed by atoms with Crippen LogP contribution in [0.15, 0.2) is 46.9 Å². The summed E-state index contributed by atoms with van der Waals surface area (Å²) in [5, 5.41) is 0. The Morgan fingerprint density at radius 2 is 2.00 bits per heavy atom. The third-order valence-electron chi connectivity index (χ3n) is 6.82. The number of ketones is 1. The number of nitrogens with zero attached hydrogens (tertiary/aromatic N) is 1. The molecule has 6 heteroatoms. The van der Waals surface area contributed by atoms with Gasteiger partial charge >= 0.3 is 0 Å². The highest BCUT2D eigenvalue weighted by Crippen LogP contribution is 2.38. The van der Waals surface area contributed by atoms with E-state index in [2.05, 4.69) is 63.3 Å². The maximum absolute atomic E-state index is 12.5. The number of methoxy groups -OCH3 is 1. The van der Waals surface area contributed by atoms with Gasteiger partial charge in [0, 0.05) is 44.1 Å². The number of fused-ring (bicyclic) bond motifs is 1. The predicted octanol–water partition coefficient (Wildman–Crippen LogP) is 6.14. The average molecular weight is 545 g/mol. The Bertz CT molecular complexity index is 1040. The molecule has 0 spiro atoms. The molecular formula is C29H35BrFNO3. The largest absolute Gasteiger partial charge is 0.489 e. The van der Waals surface area contributed by atoms with Crippen molar-refractivity contribution in [2.45, 2.75) is 51.0 Å². The smallest absolute Gasteiger partial charge is 0.139 e. The first kappa shape index (κ1) is 26.1. The Kier molecular flexibility index (Phi) is 9.52. The van der Waals surface area contributed by atoms with E-state index < -0.39 is 0 Å². The van der Waals surface area contributed by atoms with E-state index in [1.807, 2.05) is 0 Å². The molecule has 1 fully saturated rings. The quantitative estimate of drug-likeness (QED) is 0.341. The lowest BCUT2D eigenvalue weighted by molar-refractivity contribution is -0.119. The normalized spacial score (nSPS) is 18.4. The molecule has 1 aliphatic carbocycles. The first-order valence-corrected chi connectivity index (χ1v) is 13.4. The van der Waals surface area contributed by atoms with E-state index >= 15 is 0 Å². The molecule has 0 bridgehead atoms. The van der Waals surface area contributed by atoms with Crippen LogP contribution in [-0.4, -0.2) is 56.8 Å². The standard InChI is InChI=1S/C29H35BrFNO3/c1-34-17-13-24(33)19-21-6-11-27-23(18-21)4-2-5-28(30)29(27)22-7-9-25(10-8-22)35-26-12-16-32(20-26)15-3-14-31/h6-11,18,26H,2-5,12-17,19-20H2,1H3/t26-/m0/s1. The van der Waals surface area contributed by atoms with Crippen LogP contribution in [-0.2, 0) is 22.4 Å². The molecule has 2 aromatic carbocycles. The minimum Gasteiger partial charge on any atom is -0.489 e. The summed E-state index contributed by atoms with van der Waals surface area (Å²) in [6.45, 7) is 2.86. The highest BCUT2D eigenvalue weighted by molar-refractivity contribution is 9.11. The van der Waals surface area contributed by atoms with Crippen LogP contribution in [0, 0.1) is 0 Å². The molecule has 1 heterocycles. The molecule has 2 aromatic rings. The molecule has 4 rings (SSSR count). The molecule has 0 N–H and O–H groups in total. The molecule has 35 heavy (non-hydrogen) atoms. The minimum atomic E-state index is -0.258. The number of ether oxygens (including phenoxy) is 2. The zero-order chi connectivity index (χ0) is 24.6. The Labute approximate surface area is 216 Å². The number of aryl methyl sites for hydroxylation is 1. The number of carbonyl (C=O) groups excluding carboxylic acids is 1. The lowest BCUT2D eigenvalue weighted by atomic mass is 9.91. The summed E-state index contributed by atoms with van der Waals surface area (Å²) in [6.07, 6.45) is 5.70. The van der Waals surface area contributed by atoms with Crippen molar-refractivity contribution in [3.8, 4) is 5.75 Å². The minimum absolute atomic E-state index is 0.162. The number of halogens is 2. The number of allylic oxidation sites excluding steroid dienone is 1. The second-order valence-corrected chi connectivity index (χ2v) is 10.4. The van der Waals surface area contributed by atoms with Crippen molar-refractivity contribution in [2.75, 3.05) is 40.0 Å². The second kappa shape index (κ2) is 12.8. The van der Waals surface area contributed by atoms with Crippen LogP contribution in [0.5, 0.6) is 5.75 Å². The van der Waals surface area contributed by atoms with Gasteiger partial charge in [-0.05, 0) is 72.1 Å². The number of benzene rings is 2. The Balaban J connectivity index is 1.47. The van der Waals surface area contributed by atoms with Gasteiger partial charge in [0.15, 0.2) is 0 Å². The molecule has 4 nitrogen and oxygen atoms in total. The maximum Gasteiger partial charge on any atom is 0.139 e. The number of Topliss-reactive ketones (excluding diaryl/α,β-unsaturated/α-hetero) is 1. The van der Waals surface area contributed by atoms with Gasteiger partial charge in [-0.15, -0.1) is 0 Å². The van der Waals surface area contributed by atoms with Gasteiger partial charge in [-0.25, -0.2) is 0 Å². The molecule has 188 valence electrons. The maximum atomic E-state index is 12.5. The molecule has 0 saturated carbocycles. The van der Waals surface area contributed by atoms with E-state index in [1.54, 1.807) is 7.11 Å². The van der Waals surface area contributed by atoms with Crippen molar-refractivity contribution in [3.05, 3.63) is 69.2 Å². The average Bonchev–Trinajstić information content (AvgIpc) is 3.23. The highest BCUT2D eigenvalue weighted by atomic mass is 79.9. The van der Waals surface area contributed by atoms with Crippen LogP contribution in [0.4, 0.5) is 4.39 Å². The first-order chi connectivity index (χ1) is 17.1. The molecular weight excluding hydrogens is 509 g/mol. The van der Waals surface area contributed by atoms with E-state index in [-0.39, 0.29) is 18.6 Å². The van der Waals surface area contributed by atoms with E-state index in [4.69, 9.17) is 9.47 Å². The van der Waals surface area contributed by atoms with Crippen LogP contribution < -0.4 is 4.74 Å². The molecule has 1 aliphatic heterocycles. The van der Waals surface area contributed by atoms with Crippen molar-refractivity contribution < 1.29 is 18.7 Å². The van der Waals surface area contributed by atoms with Crippen molar-refractivity contribution in [1.82, 2.24) is 4.90 Å². The van der Waals surface area contributed by atoms with E-state index in [9.17, 15) is 9.18 Å². The van der Waals surface area contributed by atoms with Gasteiger partial charge in [0.1, 0.15) is 17.6 Å². The molecule has 2 aliphatic rings. The predicted molar refractivity (Wildman–Crippen MR) is 142 cm³/mol. The van der Waals surface area contributed by atoms with Gasteiger partial charge in [0.2, 0.25) is 0 Å². The highest BCUT2D eigenvalue weighted by Gasteiger charge is 2.24. The molecule has 1 saturated heterocycles. The summed E-state index contributed by atoms with van der Waals surface area (Å²) in [5.41, 5.74) is 5.98. The number of hydrogen-bond acceptors (Lipinski definition) is 4. The summed E-state index contributed by atoms with van der Waals surface area (Å²) in [6, 6.07) is 14.9. The second-order valence-electron chi connectivity index (χ2n) is 9.48.